The zero-order chi connectivity index (χ0) is 13.4. The Kier molecular flexibility index (Phi) is 3.31. The predicted octanol–water partition coefficient (Wildman–Crippen LogP) is 1.21. The number of aromatic nitrogens is 2. The van der Waals surface area contributed by atoms with E-state index in [1.165, 1.54) is 0 Å². The summed E-state index contributed by atoms with van der Waals surface area (Å²) >= 11 is 0. The molecule has 2 atom stereocenters. The lowest BCUT2D eigenvalue weighted by Crippen LogP contribution is -2.47. The van der Waals surface area contributed by atoms with Crippen molar-refractivity contribution < 1.29 is 0 Å². The van der Waals surface area contributed by atoms with Gasteiger partial charge >= 0.3 is 0 Å². The maximum Gasteiger partial charge on any atom is 0.252 e. The molecule has 3 rings (SSSR count). The molecule has 0 amide bonds. The van der Waals surface area contributed by atoms with Gasteiger partial charge < -0.3 is 15.6 Å². The van der Waals surface area contributed by atoms with Gasteiger partial charge in [-0.1, -0.05) is 13.3 Å². The smallest absolute Gasteiger partial charge is 0.252 e. The van der Waals surface area contributed by atoms with E-state index >= 15 is 0 Å². The second-order valence-electron chi connectivity index (χ2n) is 5.83. The van der Waals surface area contributed by atoms with E-state index in [-0.39, 0.29) is 11.6 Å². The summed E-state index contributed by atoms with van der Waals surface area (Å²) in [5.41, 5.74) is 6.10. The van der Waals surface area contributed by atoms with E-state index in [1.807, 2.05) is 0 Å². The molecule has 1 aliphatic heterocycles. The van der Waals surface area contributed by atoms with E-state index in [2.05, 4.69) is 21.8 Å². The van der Waals surface area contributed by atoms with Crippen molar-refractivity contribution in [1.82, 2.24) is 9.97 Å². The minimum Gasteiger partial charge on any atom is -0.356 e. The number of H-pyrrole nitrogens is 1. The van der Waals surface area contributed by atoms with Crippen molar-refractivity contribution in [3.8, 4) is 0 Å². The number of aromatic amines is 1. The van der Waals surface area contributed by atoms with Crippen molar-refractivity contribution in [1.29, 1.82) is 0 Å². The monoisotopic (exact) mass is 262 g/mol. The first-order chi connectivity index (χ1) is 9.17. The van der Waals surface area contributed by atoms with Crippen LogP contribution >= 0.6 is 0 Å². The number of nitrogens with two attached hydrogens (primary N) is 1. The van der Waals surface area contributed by atoms with Crippen LogP contribution in [0.2, 0.25) is 0 Å². The Bertz CT molecular complexity index is 508. The highest BCUT2D eigenvalue weighted by molar-refractivity contribution is 5.39. The molecule has 5 heteroatoms. The maximum absolute atomic E-state index is 11.8. The summed E-state index contributed by atoms with van der Waals surface area (Å²) in [6.07, 6.45) is 4.35. The fourth-order valence-electron chi connectivity index (χ4n) is 2.87. The third-order valence-electron chi connectivity index (χ3n) is 4.35. The molecule has 1 saturated carbocycles. The molecule has 1 aromatic rings. The maximum atomic E-state index is 11.8. The molecule has 1 aliphatic carbocycles. The Morgan fingerprint density at radius 3 is 2.95 bits per heavy atom. The van der Waals surface area contributed by atoms with Crippen molar-refractivity contribution in [2.75, 3.05) is 18.0 Å². The lowest BCUT2D eigenvalue weighted by atomic mass is 9.91. The highest BCUT2D eigenvalue weighted by Gasteiger charge is 2.29. The summed E-state index contributed by atoms with van der Waals surface area (Å²) in [5.74, 6) is 2.67. The molecule has 0 radical (unpaired) electrons. The first-order valence-corrected chi connectivity index (χ1v) is 7.29. The summed E-state index contributed by atoms with van der Waals surface area (Å²) in [4.78, 5) is 21.5. The van der Waals surface area contributed by atoms with Crippen LogP contribution in [0.3, 0.4) is 0 Å². The topological polar surface area (TPSA) is 75.0 Å². The summed E-state index contributed by atoms with van der Waals surface area (Å²) in [7, 11) is 0. The first-order valence-electron chi connectivity index (χ1n) is 7.29. The van der Waals surface area contributed by atoms with Crippen molar-refractivity contribution in [2.24, 2.45) is 11.7 Å². The Labute approximate surface area is 113 Å². The number of anilines is 1. The Morgan fingerprint density at radius 1 is 1.47 bits per heavy atom. The number of nitrogens with zero attached hydrogens (tertiary/aromatic N) is 2. The highest BCUT2D eigenvalue weighted by atomic mass is 16.1. The van der Waals surface area contributed by atoms with Gasteiger partial charge in [0.05, 0.1) is 0 Å². The van der Waals surface area contributed by atoms with Crippen LogP contribution in [0.4, 0.5) is 5.82 Å². The zero-order valence-electron chi connectivity index (χ0n) is 11.4. The van der Waals surface area contributed by atoms with Crippen LogP contribution in [0.25, 0.3) is 0 Å². The molecule has 0 aromatic carbocycles. The average molecular weight is 262 g/mol. The summed E-state index contributed by atoms with van der Waals surface area (Å²) in [6, 6.07) is 1.90. The standard InChI is InChI=1S/C14H22N4O/c1-2-9-8-18(6-5-11(9)15)12-7-13(19)17-14(16-12)10-3-4-10/h7,9-11H,2-6,8,15H2,1H3,(H,16,17,19). The predicted molar refractivity (Wildman–Crippen MR) is 75.4 cm³/mol. The molecule has 104 valence electrons. The van der Waals surface area contributed by atoms with Gasteiger partial charge in [-0.15, -0.1) is 0 Å². The van der Waals surface area contributed by atoms with E-state index in [1.54, 1.807) is 6.07 Å². The van der Waals surface area contributed by atoms with Gasteiger partial charge in [-0.3, -0.25) is 4.79 Å². The lowest BCUT2D eigenvalue weighted by Gasteiger charge is -2.37. The van der Waals surface area contributed by atoms with Crippen molar-refractivity contribution in [3.63, 3.8) is 0 Å². The molecule has 19 heavy (non-hydrogen) atoms. The van der Waals surface area contributed by atoms with Gasteiger partial charge in [-0.25, -0.2) is 4.98 Å². The Morgan fingerprint density at radius 2 is 2.26 bits per heavy atom. The summed E-state index contributed by atoms with van der Waals surface area (Å²) in [5, 5.41) is 0. The first kappa shape index (κ1) is 12.7. The van der Waals surface area contributed by atoms with Gasteiger partial charge in [0.25, 0.3) is 5.56 Å². The molecule has 1 aromatic heterocycles. The van der Waals surface area contributed by atoms with Crippen molar-refractivity contribution >= 4 is 5.82 Å². The molecule has 2 heterocycles. The third kappa shape index (κ3) is 2.66. The number of nitrogens with one attached hydrogen (secondary N) is 1. The minimum atomic E-state index is -0.0326. The van der Waals surface area contributed by atoms with Crippen molar-refractivity contribution in [3.05, 3.63) is 22.2 Å². The van der Waals surface area contributed by atoms with Crippen LogP contribution < -0.4 is 16.2 Å². The quantitative estimate of drug-likeness (QED) is 0.858. The molecule has 1 saturated heterocycles. The largest absolute Gasteiger partial charge is 0.356 e. The van der Waals surface area contributed by atoms with E-state index in [9.17, 15) is 4.79 Å². The fourth-order valence-corrected chi connectivity index (χ4v) is 2.87. The van der Waals surface area contributed by atoms with Crippen LogP contribution in [0, 0.1) is 5.92 Å². The highest BCUT2D eigenvalue weighted by Crippen LogP contribution is 2.38. The van der Waals surface area contributed by atoms with Gasteiger partial charge in [0, 0.05) is 31.1 Å². The molecule has 2 unspecified atom stereocenters. The molecule has 0 bridgehead atoms. The van der Waals surface area contributed by atoms with Crippen LogP contribution in [0.5, 0.6) is 0 Å². The molecule has 2 fully saturated rings. The summed E-state index contributed by atoms with van der Waals surface area (Å²) < 4.78 is 0. The van der Waals surface area contributed by atoms with Crippen LogP contribution in [0.15, 0.2) is 10.9 Å². The number of piperidine rings is 1. The molecule has 3 N–H and O–H groups in total. The van der Waals surface area contributed by atoms with Gasteiger partial charge in [-0.2, -0.15) is 0 Å². The third-order valence-corrected chi connectivity index (χ3v) is 4.35. The summed E-state index contributed by atoms with van der Waals surface area (Å²) in [6.45, 7) is 3.99. The second-order valence-corrected chi connectivity index (χ2v) is 5.83. The van der Waals surface area contributed by atoms with Gasteiger partial charge in [0.1, 0.15) is 11.6 Å². The van der Waals surface area contributed by atoms with Gasteiger partial charge in [0.15, 0.2) is 0 Å². The molecule has 5 nitrogen and oxygen atoms in total. The van der Waals surface area contributed by atoms with Gasteiger partial charge in [-0.05, 0) is 25.2 Å². The van der Waals surface area contributed by atoms with Gasteiger partial charge in [0.2, 0.25) is 0 Å². The molecule has 0 spiro atoms. The van der Waals surface area contributed by atoms with E-state index in [0.29, 0.717) is 11.8 Å². The van der Waals surface area contributed by atoms with E-state index in [0.717, 1.165) is 50.4 Å². The molecular weight excluding hydrogens is 240 g/mol. The second kappa shape index (κ2) is 4.96. The fraction of sp³-hybridized carbons (Fsp3) is 0.714. The number of hydrogen-bond donors (Lipinski definition) is 2. The zero-order valence-corrected chi connectivity index (χ0v) is 11.4. The average Bonchev–Trinajstić information content (AvgIpc) is 3.23. The van der Waals surface area contributed by atoms with Crippen LogP contribution in [-0.2, 0) is 0 Å². The SMILES string of the molecule is CCC1CN(c2cc(=O)[nH]c(C3CC3)n2)CCC1N. The molecular formula is C14H22N4O. The molecule has 2 aliphatic rings. The Balaban J connectivity index is 1.83. The normalized spacial score (nSPS) is 27.6. The minimum absolute atomic E-state index is 0.0326. The van der Waals surface area contributed by atoms with Crippen molar-refractivity contribution in [2.45, 2.75) is 44.6 Å². The van der Waals surface area contributed by atoms with E-state index < -0.39 is 0 Å². The number of rotatable bonds is 3. The van der Waals surface area contributed by atoms with Crippen LogP contribution in [0.1, 0.15) is 44.3 Å². The van der Waals surface area contributed by atoms with E-state index in [4.69, 9.17) is 5.73 Å². The Hall–Kier alpha value is -1.36. The number of hydrogen-bond acceptors (Lipinski definition) is 4. The lowest BCUT2D eigenvalue weighted by molar-refractivity contribution is 0.346. The van der Waals surface area contributed by atoms with Crippen LogP contribution in [-0.4, -0.2) is 29.1 Å².